The van der Waals surface area contributed by atoms with Gasteiger partial charge in [-0.25, -0.2) is 4.98 Å². The van der Waals surface area contributed by atoms with E-state index < -0.39 is 0 Å². The summed E-state index contributed by atoms with van der Waals surface area (Å²) in [6.45, 7) is 3.32. The summed E-state index contributed by atoms with van der Waals surface area (Å²) in [6.07, 6.45) is 11.7. The van der Waals surface area contributed by atoms with Crippen LogP contribution in [-0.2, 0) is 25.8 Å². The first-order chi connectivity index (χ1) is 18.1. The van der Waals surface area contributed by atoms with Gasteiger partial charge in [0.2, 0.25) is 0 Å². The lowest BCUT2D eigenvalue weighted by Crippen LogP contribution is -2.27. The van der Waals surface area contributed by atoms with Crippen molar-refractivity contribution in [2.24, 2.45) is 0 Å². The maximum Gasteiger partial charge on any atom is 0.251 e. The predicted molar refractivity (Wildman–Crippen MR) is 150 cm³/mol. The van der Waals surface area contributed by atoms with Crippen molar-refractivity contribution in [2.75, 3.05) is 12.3 Å². The average Bonchev–Trinajstić information content (AvgIpc) is 3.66. The molecule has 3 heterocycles. The van der Waals surface area contributed by atoms with Crippen molar-refractivity contribution in [3.05, 3.63) is 70.5 Å². The smallest absolute Gasteiger partial charge is 0.251 e. The Kier molecular flexibility index (Phi) is 9.88. The van der Waals surface area contributed by atoms with Gasteiger partial charge in [0.05, 0.1) is 17.1 Å². The van der Waals surface area contributed by atoms with Gasteiger partial charge < -0.3 is 16.0 Å². The number of carbonyl (C=O) groups is 1. The third kappa shape index (κ3) is 8.01. The molecule has 1 amide bonds. The van der Waals surface area contributed by atoms with Gasteiger partial charge in [-0.2, -0.15) is 0 Å². The molecule has 0 bridgehead atoms. The summed E-state index contributed by atoms with van der Waals surface area (Å²) in [5.41, 5.74) is 10.9. The molecule has 0 aliphatic heterocycles. The number of unbranched alkanes of at least 4 members (excludes halogenated alkanes) is 4. The molecular weight excluding hydrogens is 482 g/mol. The monoisotopic (exact) mass is 519 g/mol. The number of nitrogens with one attached hydrogen (secondary N) is 2. The summed E-state index contributed by atoms with van der Waals surface area (Å²) in [5.74, 6) is 0.420. The minimum Gasteiger partial charge on any atom is -0.369 e. The van der Waals surface area contributed by atoms with Gasteiger partial charge in [0, 0.05) is 24.0 Å². The van der Waals surface area contributed by atoms with Gasteiger partial charge in [0.1, 0.15) is 5.69 Å². The minimum atomic E-state index is -0.0540. The van der Waals surface area contributed by atoms with Gasteiger partial charge in [-0.05, 0) is 67.7 Å². The Morgan fingerprint density at radius 3 is 2.65 bits per heavy atom. The van der Waals surface area contributed by atoms with E-state index in [1.807, 2.05) is 24.4 Å². The summed E-state index contributed by atoms with van der Waals surface area (Å²) < 4.78 is 1.80. The van der Waals surface area contributed by atoms with E-state index in [9.17, 15) is 4.79 Å². The molecule has 0 saturated carbocycles. The molecule has 0 radical (unpaired) electrons. The summed E-state index contributed by atoms with van der Waals surface area (Å²) in [7, 11) is 0. The summed E-state index contributed by atoms with van der Waals surface area (Å²) in [6, 6.07) is 12.0. The normalized spacial score (nSPS) is 11.2. The van der Waals surface area contributed by atoms with E-state index in [1.54, 1.807) is 16.0 Å². The Morgan fingerprint density at radius 1 is 1.05 bits per heavy atom. The second-order valence-corrected chi connectivity index (χ2v) is 10.3. The topological polar surface area (TPSA) is 115 Å². The van der Waals surface area contributed by atoms with Crippen molar-refractivity contribution in [1.29, 1.82) is 0 Å². The Bertz CT molecular complexity index is 1230. The number of nitrogens with two attached hydrogens (primary N) is 1. The maximum absolute atomic E-state index is 12.4. The van der Waals surface area contributed by atoms with E-state index in [4.69, 9.17) is 5.73 Å². The molecule has 196 valence electrons. The maximum atomic E-state index is 12.4. The number of amides is 1. The SMILES string of the molecule is CCCCCc1ccc(C(=O)NCCn2cc(CCCCCc3[nH]c(N)nc3-c3cccs3)nn2)cc1. The number of H-pyrrole nitrogens is 1. The van der Waals surface area contributed by atoms with Gasteiger partial charge in [-0.1, -0.05) is 49.6 Å². The molecular formula is C28H37N7OS. The van der Waals surface area contributed by atoms with Crippen LogP contribution in [0, 0.1) is 0 Å². The fraction of sp³-hybridized carbons (Fsp3) is 0.429. The Morgan fingerprint density at radius 2 is 1.86 bits per heavy atom. The van der Waals surface area contributed by atoms with Crippen molar-refractivity contribution in [1.82, 2.24) is 30.3 Å². The number of hydrogen-bond acceptors (Lipinski definition) is 6. The van der Waals surface area contributed by atoms with Crippen LogP contribution in [0.25, 0.3) is 10.6 Å². The molecule has 1 aromatic carbocycles. The number of aromatic amines is 1. The number of rotatable bonds is 15. The Hall–Kier alpha value is -3.46. The van der Waals surface area contributed by atoms with Crippen LogP contribution in [0.2, 0.25) is 0 Å². The van der Waals surface area contributed by atoms with Crippen LogP contribution in [0.4, 0.5) is 5.95 Å². The lowest BCUT2D eigenvalue weighted by Gasteiger charge is -2.06. The Balaban J connectivity index is 1.12. The first-order valence-corrected chi connectivity index (χ1v) is 14.1. The Labute approximate surface area is 222 Å². The van der Waals surface area contributed by atoms with Crippen molar-refractivity contribution in [3.8, 4) is 10.6 Å². The first kappa shape index (κ1) is 26.6. The third-order valence-corrected chi connectivity index (χ3v) is 7.29. The number of nitrogens with zero attached hydrogens (tertiary/aromatic N) is 4. The highest BCUT2D eigenvalue weighted by Crippen LogP contribution is 2.28. The predicted octanol–water partition coefficient (Wildman–Crippen LogP) is 5.43. The third-order valence-electron chi connectivity index (χ3n) is 6.41. The summed E-state index contributed by atoms with van der Waals surface area (Å²) >= 11 is 1.68. The van der Waals surface area contributed by atoms with Crippen LogP contribution in [0.1, 0.15) is 72.8 Å². The second kappa shape index (κ2) is 13.7. The van der Waals surface area contributed by atoms with E-state index in [0.717, 1.165) is 60.5 Å². The number of imidazole rings is 1. The van der Waals surface area contributed by atoms with Crippen LogP contribution in [0.3, 0.4) is 0 Å². The van der Waals surface area contributed by atoms with Gasteiger partial charge in [-0.3, -0.25) is 9.48 Å². The molecule has 37 heavy (non-hydrogen) atoms. The van der Waals surface area contributed by atoms with E-state index in [1.165, 1.54) is 24.8 Å². The van der Waals surface area contributed by atoms with Crippen LogP contribution >= 0.6 is 11.3 Å². The molecule has 4 aromatic rings. The molecule has 0 spiro atoms. The highest BCUT2D eigenvalue weighted by atomic mass is 32.1. The zero-order valence-electron chi connectivity index (χ0n) is 21.6. The fourth-order valence-electron chi connectivity index (χ4n) is 4.36. The average molecular weight is 520 g/mol. The largest absolute Gasteiger partial charge is 0.369 e. The standard InChI is InChI=1S/C28H37N7OS/c1-2-3-5-9-21-13-15-22(16-14-21)27(36)30-17-18-35-20-23(33-34-35)10-6-4-7-11-24-26(32-28(29)31-24)25-12-8-19-37-25/h8,12-16,19-20H,2-7,9-11,17-18H2,1H3,(H,30,36)(H3,29,31,32). The molecule has 4 rings (SSSR count). The minimum absolute atomic E-state index is 0.0540. The molecule has 9 heteroatoms. The van der Waals surface area contributed by atoms with Crippen molar-refractivity contribution in [2.45, 2.75) is 71.3 Å². The van der Waals surface area contributed by atoms with Gasteiger partial charge >= 0.3 is 0 Å². The lowest BCUT2D eigenvalue weighted by atomic mass is 10.1. The molecule has 0 atom stereocenters. The second-order valence-electron chi connectivity index (χ2n) is 9.37. The van der Waals surface area contributed by atoms with Gasteiger partial charge in [-0.15, -0.1) is 16.4 Å². The van der Waals surface area contributed by atoms with Crippen molar-refractivity contribution in [3.63, 3.8) is 0 Å². The van der Waals surface area contributed by atoms with Crippen LogP contribution in [0.15, 0.2) is 48.0 Å². The fourth-order valence-corrected chi connectivity index (χ4v) is 5.10. The number of benzene rings is 1. The molecule has 8 nitrogen and oxygen atoms in total. The van der Waals surface area contributed by atoms with Gasteiger partial charge in [0.25, 0.3) is 5.91 Å². The van der Waals surface area contributed by atoms with E-state index in [2.05, 4.69) is 56.1 Å². The number of hydrogen-bond donors (Lipinski definition) is 3. The van der Waals surface area contributed by atoms with E-state index >= 15 is 0 Å². The number of aromatic nitrogens is 5. The number of aryl methyl sites for hydroxylation is 3. The van der Waals surface area contributed by atoms with Crippen molar-refractivity contribution < 1.29 is 4.79 Å². The molecule has 0 saturated heterocycles. The first-order valence-electron chi connectivity index (χ1n) is 13.3. The van der Waals surface area contributed by atoms with Gasteiger partial charge in [0.15, 0.2) is 5.95 Å². The highest BCUT2D eigenvalue weighted by Gasteiger charge is 2.12. The van der Waals surface area contributed by atoms with Crippen LogP contribution in [0.5, 0.6) is 0 Å². The van der Waals surface area contributed by atoms with Crippen LogP contribution < -0.4 is 11.1 Å². The molecule has 0 aliphatic rings. The molecule has 4 N–H and O–H groups in total. The highest BCUT2D eigenvalue weighted by molar-refractivity contribution is 7.13. The van der Waals surface area contributed by atoms with E-state index in [-0.39, 0.29) is 5.91 Å². The molecule has 0 fully saturated rings. The lowest BCUT2D eigenvalue weighted by molar-refractivity contribution is 0.0952. The zero-order chi connectivity index (χ0) is 25.9. The number of anilines is 1. The quantitative estimate of drug-likeness (QED) is 0.181. The van der Waals surface area contributed by atoms with Crippen molar-refractivity contribution >= 4 is 23.2 Å². The number of nitrogen functional groups attached to an aromatic ring is 1. The molecule has 0 unspecified atom stereocenters. The molecule has 3 aromatic heterocycles. The number of carbonyl (C=O) groups excluding carboxylic acids is 1. The zero-order valence-corrected chi connectivity index (χ0v) is 22.4. The summed E-state index contributed by atoms with van der Waals surface area (Å²) in [5, 5.41) is 13.5. The summed E-state index contributed by atoms with van der Waals surface area (Å²) in [4.78, 5) is 21.3. The number of thiophene rings is 1. The van der Waals surface area contributed by atoms with E-state index in [0.29, 0.717) is 24.6 Å². The molecule has 0 aliphatic carbocycles. The van der Waals surface area contributed by atoms with Crippen LogP contribution in [-0.4, -0.2) is 37.4 Å².